The average molecular weight is 235 g/mol. The Morgan fingerprint density at radius 1 is 1.62 bits per heavy atom. The highest BCUT2D eigenvalue weighted by molar-refractivity contribution is 8.04. The van der Waals surface area contributed by atoms with Gasteiger partial charge in [-0.3, -0.25) is 4.79 Å². The summed E-state index contributed by atoms with van der Waals surface area (Å²) in [4.78, 5) is 11.4. The van der Waals surface area contributed by atoms with Crippen molar-refractivity contribution in [3.63, 3.8) is 0 Å². The number of nitriles is 1. The zero-order valence-corrected chi connectivity index (χ0v) is 10.1. The molecule has 0 N–H and O–H groups in total. The van der Waals surface area contributed by atoms with Crippen molar-refractivity contribution in [3.05, 3.63) is 35.4 Å². The minimum Gasteiger partial charge on any atom is -0.468 e. The van der Waals surface area contributed by atoms with Gasteiger partial charge in [0.15, 0.2) is 0 Å². The highest BCUT2D eigenvalue weighted by Crippen LogP contribution is 2.17. The van der Waals surface area contributed by atoms with Crippen molar-refractivity contribution in [1.82, 2.24) is 0 Å². The lowest BCUT2D eigenvalue weighted by Gasteiger charge is -2.10. The molecule has 0 aliphatic carbocycles. The predicted octanol–water partition coefficient (Wildman–Crippen LogP) is 2.29. The van der Waals surface area contributed by atoms with Crippen LogP contribution in [0.3, 0.4) is 0 Å². The molecule has 0 aliphatic rings. The van der Waals surface area contributed by atoms with Crippen molar-refractivity contribution in [2.75, 3.05) is 7.11 Å². The van der Waals surface area contributed by atoms with E-state index in [4.69, 9.17) is 5.26 Å². The minimum absolute atomic E-state index is 0.354. The normalized spacial score (nSPS) is 11.6. The number of benzene rings is 1. The maximum atomic E-state index is 11.4. The summed E-state index contributed by atoms with van der Waals surface area (Å²) in [5.41, 5.74) is 2.18. The second-order valence-corrected chi connectivity index (χ2v) is 4.40. The van der Waals surface area contributed by atoms with Crippen molar-refractivity contribution in [2.45, 2.75) is 18.6 Å². The molecule has 16 heavy (non-hydrogen) atoms. The molecule has 1 aromatic carbocycles. The van der Waals surface area contributed by atoms with Crippen LogP contribution < -0.4 is 0 Å². The first-order valence-corrected chi connectivity index (χ1v) is 5.73. The predicted molar refractivity (Wildman–Crippen MR) is 63.9 cm³/mol. The number of thiocyanates is 1. The lowest BCUT2D eigenvalue weighted by molar-refractivity contribution is -0.139. The second kappa shape index (κ2) is 6.19. The Kier molecular flexibility index (Phi) is 4.87. The molecule has 0 fully saturated rings. The Morgan fingerprint density at radius 3 is 2.94 bits per heavy atom. The molecule has 1 rings (SSSR count). The monoisotopic (exact) mass is 235 g/mol. The summed E-state index contributed by atoms with van der Waals surface area (Å²) >= 11 is 0.941. The Balaban J connectivity index is 2.76. The van der Waals surface area contributed by atoms with Gasteiger partial charge in [-0.15, -0.1) is 0 Å². The van der Waals surface area contributed by atoms with Crippen LogP contribution in [0, 0.1) is 17.6 Å². The van der Waals surface area contributed by atoms with Crippen LogP contribution in [0.25, 0.3) is 0 Å². The molecule has 84 valence electrons. The zero-order valence-electron chi connectivity index (χ0n) is 9.27. The smallest absolute Gasteiger partial charge is 0.320 e. The molecule has 3 nitrogen and oxygen atoms in total. The number of aryl methyl sites for hydroxylation is 1. The van der Waals surface area contributed by atoms with Crippen molar-refractivity contribution >= 4 is 17.7 Å². The van der Waals surface area contributed by atoms with E-state index < -0.39 is 5.25 Å². The third-order valence-electron chi connectivity index (χ3n) is 2.16. The average Bonchev–Trinajstić information content (AvgIpc) is 2.27. The molecule has 0 heterocycles. The molecule has 0 saturated carbocycles. The maximum Gasteiger partial charge on any atom is 0.320 e. The molecule has 0 amide bonds. The van der Waals surface area contributed by atoms with Gasteiger partial charge < -0.3 is 4.74 Å². The van der Waals surface area contributed by atoms with Gasteiger partial charge in [-0.2, -0.15) is 5.26 Å². The number of methoxy groups -OCH3 is 1. The number of nitrogens with zero attached hydrogens (tertiary/aromatic N) is 1. The van der Waals surface area contributed by atoms with Gasteiger partial charge in [0.2, 0.25) is 0 Å². The number of thioether (sulfide) groups is 1. The molecule has 0 radical (unpaired) electrons. The number of carbonyl (C=O) groups is 1. The van der Waals surface area contributed by atoms with E-state index in [0.29, 0.717) is 6.42 Å². The minimum atomic E-state index is -0.447. The van der Waals surface area contributed by atoms with E-state index in [0.717, 1.165) is 22.9 Å². The summed E-state index contributed by atoms with van der Waals surface area (Å²) in [5.74, 6) is -0.354. The zero-order chi connectivity index (χ0) is 12.0. The van der Waals surface area contributed by atoms with Crippen molar-refractivity contribution in [3.8, 4) is 5.40 Å². The van der Waals surface area contributed by atoms with Gasteiger partial charge in [0.25, 0.3) is 0 Å². The Hall–Kier alpha value is -1.47. The first-order chi connectivity index (χ1) is 7.67. The van der Waals surface area contributed by atoms with Crippen LogP contribution in [0.1, 0.15) is 11.1 Å². The SMILES string of the molecule is COC(=O)C(Cc1cccc(C)c1)SC#N. The van der Waals surface area contributed by atoms with Crippen molar-refractivity contribution in [2.24, 2.45) is 0 Å². The Labute approximate surface area is 99.4 Å². The van der Waals surface area contributed by atoms with Gasteiger partial charge in [0, 0.05) is 0 Å². The Bertz CT molecular complexity index is 412. The van der Waals surface area contributed by atoms with Gasteiger partial charge in [-0.05, 0) is 30.7 Å². The van der Waals surface area contributed by atoms with Crippen LogP contribution in [-0.4, -0.2) is 18.3 Å². The maximum absolute atomic E-state index is 11.4. The van der Waals surface area contributed by atoms with Crippen molar-refractivity contribution < 1.29 is 9.53 Å². The summed E-state index contributed by atoms with van der Waals surface area (Å²) in [6.07, 6.45) is 0.520. The van der Waals surface area contributed by atoms with Crippen LogP contribution in [0.4, 0.5) is 0 Å². The fraction of sp³-hybridized carbons (Fsp3) is 0.333. The van der Waals surface area contributed by atoms with Crippen LogP contribution in [0.15, 0.2) is 24.3 Å². The lowest BCUT2D eigenvalue weighted by atomic mass is 10.1. The highest BCUT2D eigenvalue weighted by atomic mass is 32.2. The summed E-state index contributed by atoms with van der Waals surface area (Å²) in [6.45, 7) is 1.99. The first kappa shape index (κ1) is 12.6. The molecule has 1 aromatic rings. The third kappa shape index (κ3) is 3.59. The first-order valence-electron chi connectivity index (χ1n) is 4.85. The molecule has 0 spiro atoms. The van der Waals surface area contributed by atoms with Crippen LogP contribution in [0.2, 0.25) is 0 Å². The molecular weight excluding hydrogens is 222 g/mol. The molecule has 1 unspecified atom stereocenters. The van der Waals surface area contributed by atoms with Crippen molar-refractivity contribution in [1.29, 1.82) is 5.26 Å². The number of hydrogen-bond acceptors (Lipinski definition) is 4. The van der Waals surface area contributed by atoms with E-state index in [2.05, 4.69) is 4.74 Å². The summed E-state index contributed by atoms with van der Waals surface area (Å²) in [7, 11) is 1.34. The van der Waals surface area contributed by atoms with Crippen LogP contribution in [0.5, 0.6) is 0 Å². The molecule has 0 aromatic heterocycles. The largest absolute Gasteiger partial charge is 0.468 e. The van der Waals surface area contributed by atoms with Gasteiger partial charge >= 0.3 is 5.97 Å². The number of esters is 1. The van der Waals surface area contributed by atoms with Gasteiger partial charge in [-0.25, -0.2) is 0 Å². The summed E-state index contributed by atoms with van der Waals surface area (Å²) < 4.78 is 4.66. The highest BCUT2D eigenvalue weighted by Gasteiger charge is 2.20. The molecule has 1 atom stereocenters. The van der Waals surface area contributed by atoms with Gasteiger partial charge in [0.05, 0.1) is 7.11 Å². The standard InChI is InChI=1S/C12H13NO2S/c1-9-4-3-5-10(6-9)7-11(16-8-13)12(14)15-2/h3-6,11H,7H2,1-2H3. The fourth-order valence-electron chi connectivity index (χ4n) is 1.42. The number of hydrogen-bond donors (Lipinski definition) is 0. The van der Waals surface area contributed by atoms with E-state index in [-0.39, 0.29) is 5.97 Å². The van der Waals surface area contributed by atoms with Crippen LogP contribution >= 0.6 is 11.8 Å². The Morgan fingerprint density at radius 2 is 2.38 bits per heavy atom. The molecule has 0 saturated heterocycles. The van der Waals surface area contributed by atoms with E-state index in [9.17, 15) is 4.79 Å². The quantitative estimate of drug-likeness (QED) is 0.593. The molecule has 4 heteroatoms. The third-order valence-corrected chi connectivity index (χ3v) is 2.91. The molecule has 0 bridgehead atoms. The van der Waals surface area contributed by atoms with E-state index >= 15 is 0 Å². The lowest BCUT2D eigenvalue weighted by Crippen LogP contribution is -2.20. The summed E-state index contributed by atoms with van der Waals surface area (Å²) in [5, 5.41) is 10.1. The van der Waals surface area contributed by atoms with Crippen LogP contribution in [-0.2, 0) is 16.0 Å². The summed E-state index contributed by atoms with van der Waals surface area (Å²) in [6, 6.07) is 7.89. The van der Waals surface area contributed by atoms with E-state index in [1.807, 2.05) is 36.6 Å². The fourth-order valence-corrected chi connectivity index (χ4v) is 2.02. The van der Waals surface area contributed by atoms with E-state index in [1.54, 1.807) is 0 Å². The number of rotatable bonds is 4. The number of carbonyl (C=O) groups excluding carboxylic acids is 1. The topological polar surface area (TPSA) is 50.1 Å². The molecular formula is C12H13NO2S. The number of ether oxygens (including phenoxy) is 1. The van der Waals surface area contributed by atoms with E-state index in [1.165, 1.54) is 7.11 Å². The second-order valence-electron chi connectivity index (χ2n) is 3.41. The van der Waals surface area contributed by atoms with Gasteiger partial charge in [0.1, 0.15) is 10.7 Å². The molecule has 0 aliphatic heterocycles. The van der Waals surface area contributed by atoms with Gasteiger partial charge in [-0.1, -0.05) is 29.8 Å².